The van der Waals surface area contributed by atoms with Crippen LogP contribution in [0.15, 0.2) is 53.1 Å². The average Bonchev–Trinajstić information content (AvgIpc) is 3.17. The molecule has 0 spiro atoms. The van der Waals surface area contributed by atoms with E-state index in [-0.39, 0.29) is 5.91 Å². The number of aromatic nitrogens is 2. The van der Waals surface area contributed by atoms with Crippen molar-refractivity contribution in [1.82, 2.24) is 10.1 Å². The largest absolute Gasteiger partial charge is 0.497 e. The van der Waals surface area contributed by atoms with E-state index in [2.05, 4.69) is 15.5 Å². The van der Waals surface area contributed by atoms with Crippen molar-refractivity contribution in [3.63, 3.8) is 0 Å². The van der Waals surface area contributed by atoms with Gasteiger partial charge in [-0.15, -0.1) is 0 Å². The second-order valence-electron chi connectivity index (χ2n) is 5.84. The second-order valence-corrected chi connectivity index (χ2v) is 5.84. The fourth-order valence-electron chi connectivity index (χ4n) is 2.59. The fourth-order valence-corrected chi connectivity index (χ4v) is 2.59. The fraction of sp³-hybridized carbons (Fsp3) is 0.250. The van der Waals surface area contributed by atoms with Gasteiger partial charge in [-0.2, -0.15) is 4.98 Å². The lowest BCUT2D eigenvalue weighted by atomic mass is 10.2. The molecule has 0 saturated heterocycles. The molecule has 3 aromatic rings. The van der Waals surface area contributed by atoms with Gasteiger partial charge in [-0.1, -0.05) is 17.3 Å². The van der Waals surface area contributed by atoms with E-state index in [4.69, 9.17) is 14.0 Å². The van der Waals surface area contributed by atoms with E-state index >= 15 is 0 Å². The zero-order valence-electron chi connectivity index (χ0n) is 15.3. The lowest BCUT2D eigenvalue weighted by Gasteiger charge is -2.05. The number of benzene rings is 2. The van der Waals surface area contributed by atoms with E-state index in [0.717, 1.165) is 17.0 Å². The molecule has 1 heterocycles. The number of hydrogen-bond acceptors (Lipinski definition) is 6. The monoisotopic (exact) mass is 367 g/mol. The number of rotatable bonds is 8. The molecule has 0 bridgehead atoms. The topological polar surface area (TPSA) is 86.5 Å². The minimum absolute atomic E-state index is 0.0652. The summed E-state index contributed by atoms with van der Waals surface area (Å²) in [5.41, 5.74) is 1.50. The average molecular weight is 367 g/mol. The Bertz CT molecular complexity index is 890. The van der Waals surface area contributed by atoms with E-state index < -0.39 is 0 Å². The maximum atomic E-state index is 12.0. The Balaban J connectivity index is 1.50. The van der Waals surface area contributed by atoms with Crippen molar-refractivity contribution in [3.8, 4) is 22.9 Å². The van der Waals surface area contributed by atoms with Crippen LogP contribution in [0.3, 0.4) is 0 Å². The van der Waals surface area contributed by atoms with Crippen molar-refractivity contribution in [2.45, 2.75) is 19.3 Å². The molecule has 3 rings (SSSR count). The van der Waals surface area contributed by atoms with Crippen LogP contribution in [0.5, 0.6) is 11.5 Å². The summed E-state index contributed by atoms with van der Waals surface area (Å²) in [6.45, 7) is 0. The summed E-state index contributed by atoms with van der Waals surface area (Å²) in [5, 5.41) is 6.85. The molecule has 0 aliphatic carbocycles. The smallest absolute Gasteiger partial charge is 0.226 e. The van der Waals surface area contributed by atoms with Gasteiger partial charge in [0.2, 0.25) is 17.6 Å². The van der Waals surface area contributed by atoms with Crippen molar-refractivity contribution >= 4 is 11.6 Å². The van der Waals surface area contributed by atoms with E-state index in [1.165, 1.54) is 0 Å². The number of anilines is 1. The molecule has 27 heavy (non-hydrogen) atoms. The Morgan fingerprint density at radius 2 is 1.85 bits per heavy atom. The quantitative estimate of drug-likeness (QED) is 0.653. The first kappa shape index (κ1) is 18.4. The van der Waals surface area contributed by atoms with E-state index in [0.29, 0.717) is 36.7 Å². The lowest BCUT2D eigenvalue weighted by Crippen LogP contribution is -2.11. The van der Waals surface area contributed by atoms with Gasteiger partial charge in [0.15, 0.2) is 0 Å². The van der Waals surface area contributed by atoms with Gasteiger partial charge in [0.1, 0.15) is 11.5 Å². The Morgan fingerprint density at radius 3 is 2.59 bits per heavy atom. The van der Waals surface area contributed by atoms with Gasteiger partial charge in [-0.3, -0.25) is 4.79 Å². The first-order valence-corrected chi connectivity index (χ1v) is 8.59. The van der Waals surface area contributed by atoms with Crippen molar-refractivity contribution in [2.75, 3.05) is 19.5 Å². The number of nitrogens with one attached hydrogen (secondary N) is 1. The molecule has 1 amide bonds. The number of aryl methyl sites for hydroxylation is 1. The number of carbonyl (C=O) groups excluding carboxylic acids is 1. The third-order valence-electron chi connectivity index (χ3n) is 3.98. The molecule has 0 aliphatic rings. The number of ether oxygens (including phenoxy) is 2. The molecule has 0 aliphatic heterocycles. The SMILES string of the molecule is COc1ccc(NC(=O)CCCc2nc(-c3ccccc3OC)no2)cc1. The Kier molecular flexibility index (Phi) is 6.04. The maximum absolute atomic E-state index is 12.0. The number of hydrogen-bond donors (Lipinski definition) is 1. The van der Waals surface area contributed by atoms with Crippen molar-refractivity contribution in [3.05, 3.63) is 54.4 Å². The van der Waals surface area contributed by atoms with Crippen LogP contribution in [-0.4, -0.2) is 30.3 Å². The molecule has 7 nitrogen and oxygen atoms in total. The molecule has 140 valence electrons. The molecule has 0 fully saturated rings. The minimum atomic E-state index is -0.0652. The van der Waals surface area contributed by atoms with Gasteiger partial charge < -0.3 is 19.3 Å². The number of methoxy groups -OCH3 is 2. The van der Waals surface area contributed by atoms with Crippen molar-refractivity contribution < 1.29 is 18.8 Å². The number of para-hydroxylation sites is 1. The van der Waals surface area contributed by atoms with E-state index in [9.17, 15) is 4.79 Å². The Hall–Kier alpha value is -3.35. The zero-order valence-corrected chi connectivity index (χ0v) is 15.3. The zero-order chi connectivity index (χ0) is 19.1. The third kappa shape index (κ3) is 4.84. The van der Waals surface area contributed by atoms with Crippen LogP contribution in [0.2, 0.25) is 0 Å². The molecule has 1 N–H and O–H groups in total. The summed E-state index contributed by atoms with van der Waals surface area (Å²) in [5.74, 6) is 2.34. The van der Waals surface area contributed by atoms with Crippen LogP contribution < -0.4 is 14.8 Å². The van der Waals surface area contributed by atoms with Gasteiger partial charge in [0, 0.05) is 18.5 Å². The Morgan fingerprint density at radius 1 is 1.07 bits per heavy atom. The first-order chi connectivity index (χ1) is 13.2. The lowest BCUT2D eigenvalue weighted by molar-refractivity contribution is -0.116. The summed E-state index contributed by atoms with van der Waals surface area (Å²) in [6, 6.07) is 14.7. The summed E-state index contributed by atoms with van der Waals surface area (Å²) >= 11 is 0. The highest BCUT2D eigenvalue weighted by Crippen LogP contribution is 2.27. The molecule has 0 radical (unpaired) electrons. The molecule has 2 aromatic carbocycles. The summed E-state index contributed by atoms with van der Waals surface area (Å²) < 4.78 is 15.7. The molecule has 0 unspecified atom stereocenters. The first-order valence-electron chi connectivity index (χ1n) is 8.59. The highest BCUT2D eigenvalue weighted by Gasteiger charge is 2.13. The molecule has 0 atom stereocenters. The molecule has 0 saturated carbocycles. The van der Waals surface area contributed by atoms with E-state index in [1.807, 2.05) is 24.3 Å². The highest BCUT2D eigenvalue weighted by molar-refractivity contribution is 5.90. The summed E-state index contributed by atoms with van der Waals surface area (Å²) in [6.07, 6.45) is 1.49. The van der Waals surface area contributed by atoms with Gasteiger partial charge in [-0.25, -0.2) is 0 Å². The normalized spacial score (nSPS) is 10.4. The Labute approximate surface area is 157 Å². The number of amides is 1. The maximum Gasteiger partial charge on any atom is 0.226 e. The van der Waals surface area contributed by atoms with Gasteiger partial charge in [-0.05, 0) is 42.8 Å². The number of carbonyl (C=O) groups is 1. The van der Waals surface area contributed by atoms with Crippen LogP contribution >= 0.6 is 0 Å². The van der Waals surface area contributed by atoms with Gasteiger partial charge in [0.25, 0.3) is 0 Å². The van der Waals surface area contributed by atoms with Crippen LogP contribution in [0.25, 0.3) is 11.4 Å². The van der Waals surface area contributed by atoms with Gasteiger partial charge in [0.05, 0.1) is 19.8 Å². The van der Waals surface area contributed by atoms with Crippen molar-refractivity contribution in [2.24, 2.45) is 0 Å². The second kappa shape index (κ2) is 8.84. The third-order valence-corrected chi connectivity index (χ3v) is 3.98. The minimum Gasteiger partial charge on any atom is -0.497 e. The van der Waals surface area contributed by atoms with Crippen LogP contribution in [0.1, 0.15) is 18.7 Å². The summed E-state index contributed by atoms with van der Waals surface area (Å²) in [4.78, 5) is 16.4. The molecular formula is C20H21N3O4. The summed E-state index contributed by atoms with van der Waals surface area (Å²) in [7, 11) is 3.20. The van der Waals surface area contributed by atoms with Crippen molar-refractivity contribution in [1.29, 1.82) is 0 Å². The van der Waals surface area contributed by atoms with Crippen LogP contribution in [-0.2, 0) is 11.2 Å². The highest BCUT2D eigenvalue weighted by atomic mass is 16.5. The molecule has 7 heteroatoms. The van der Waals surface area contributed by atoms with Crippen LogP contribution in [0, 0.1) is 0 Å². The van der Waals surface area contributed by atoms with Crippen LogP contribution in [0.4, 0.5) is 5.69 Å². The standard InChI is InChI=1S/C20H21N3O4/c1-25-15-12-10-14(11-13-15)21-18(24)8-5-9-19-22-20(23-27-19)16-6-3-4-7-17(16)26-2/h3-4,6-7,10-13H,5,8-9H2,1-2H3,(H,21,24). The number of nitrogens with zero attached hydrogens (tertiary/aromatic N) is 2. The van der Waals surface area contributed by atoms with E-state index in [1.54, 1.807) is 38.5 Å². The molecule has 1 aromatic heterocycles. The predicted molar refractivity (Wildman–Crippen MR) is 101 cm³/mol. The predicted octanol–water partition coefficient (Wildman–Crippen LogP) is 3.72. The molecular weight excluding hydrogens is 346 g/mol. The van der Waals surface area contributed by atoms with Gasteiger partial charge >= 0.3 is 0 Å².